The van der Waals surface area contributed by atoms with E-state index in [4.69, 9.17) is 4.74 Å². The average Bonchev–Trinajstić information content (AvgIpc) is 3.45. The van der Waals surface area contributed by atoms with Gasteiger partial charge in [0.05, 0.1) is 24.8 Å². The molecule has 37 heavy (non-hydrogen) atoms. The fourth-order valence-electron chi connectivity index (χ4n) is 3.71. The van der Waals surface area contributed by atoms with Gasteiger partial charge in [0.15, 0.2) is 0 Å². The molecule has 0 aliphatic rings. The Balaban J connectivity index is 1.73. The number of benzene rings is 2. The lowest BCUT2D eigenvalue weighted by Gasteiger charge is -2.30. The Kier molecular flexibility index (Phi) is 9.73. The Morgan fingerprint density at radius 2 is 1.73 bits per heavy atom. The number of aromatic amines is 1. The minimum Gasteiger partial charge on any atom is -0.435 e. The van der Waals surface area contributed by atoms with Crippen LogP contribution in [0.25, 0.3) is 11.1 Å². The van der Waals surface area contributed by atoms with Crippen molar-refractivity contribution >= 4 is 18.0 Å². The highest BCUT2D eigenvalue weighted by molar-refractivity contribution is 5.92. The molecule has 1 aromatic heterocycles. The summed E-state index contributed by atoms with van der Waals surface area (Å²) in [6.07, 6.45) is 0.714. The summed E-state index contributed by atoms with van der Waals surface area (Å²) in [5.41, 5.74) is 1.78. The van der Waals surface area contributed by atoms with E-state index in [1.54, 1.807) is 6.92 Å². The lowest BCUT2D eigenvalue weighted by Crippen LogP contribution is -2.45. The van der Waals surface area contributed by atoms with Crippen LogP contribution in [0.4, 0.5) is 4.79 Å². The second-order valence-electron chi connectivity index (χ2n) is 8.61. The normalized spacial score (nSPS) is 13.2. The second kappa shape index (κ2) is 13.2. The SMILES string of the molecule is CCOC(=O)OCOC(=O)[C@](C)(CO)C[C@@H](Cc1ccc(-c2ccccc2)cc1)NC(=O)c1cnn[nH]1. The van der Waals surface area contributed by atoms with Crippen molar-refractivity contribution in [3.8, 4) is 11.1 Å². The van der Waals surface area contributed by atoms with Crippen LogP contribution in [0.3, 0.4) is 0 Å². The predicted octanol–water partition coefficient (Wildman–Crippen LogP) is 2.88. The fourth-order valence-corrected chi connectivity index (χ4v) is 3.71. The molecule has 11 nitrogen and oxygen atoms in total. The van der Waals surface area contributed by atoms with Crippen molar-refractivity contribution < 1.29 is 33.7 Å². The number of nitrogens with one attached hydrogen (secondary N) is 2. The zero-order valence-electron chi connectivity index (χ0n) is 20.7. The number of ether oxygens (including phenoxy) is 3. The number of H-pyrrole nitrogens is 1. The van der Waals surface area contributed by atoms with Gasteiger partial charge in [-0.1, -0.05) is 59.8 Å². The fraction of sp³-hybridized carbons (Fsp3) is 0.346. The van der Waals surface area contributed by atoms with E-state index < -0.39 is 42.9 Å². The van der Waals surface area contributed by atoms with E-state index in [-0.39, 0.29) is 18.7 Å². The molecule has 0 spiro atoms. The molecule has 0 radical (unpaired) electrons. The van der Waals surface area contributed by atoms with Crippen LogP contribution in [0.2, 0.25) is 0 Å². The third kappa shape index (κ3) is 7.87. The summed E-state index contributed by atoms with van der Waals surface area (Å²) in [7, 11) is 0. The van der Waals surface area contributed by atoms with Gasteiger partial charge in [0.2, 0.25) is 6.79 Å². The molecule has 11 heteroatoms. The Morgan fingerprint density at radius 1 is 1.03 bits per heavy atom. The maximum Gasteiger partial charge on any atom is 0.511 e. The minimum absolute atomic E-state index is 0.0372. The number of rotatable bonds is 12. The van der Waals surface area contributed by atoms with Crippen LogP contribution in [0.5, 0.6) is 0 Å². The topological polar surface area (TPSA) is 153 Å². The zero-order chi connectivity index (χ0) is 26.7. The largest absolute Gasteiger partial charge is 0.511 e. The Morgan fingerprint density at radius 3 is 2.35 bits per heavy atom. The number of carbonyl (C=O) groups is 3. The van der Waals surface area contributed by atoms with Gasteiger partial charge >= 0.3 is 12.1 Å². The van der Waals surface area contributed by atoms with Crippen molar-refractivity contribution in [2.75, 3.05) is 20.0 Å². The van der Waals surface area contributed by atoms with Gasteiger partial charge in [-0.25, -0.2) is 4.79 Å². The highest BCUT2D eigenvalue weighted by Gasteiger charge is 2.38. The number of hydrogen-bond acceptors (Lipinski definition) is 9. The van der Waals surface area contributed by atoms with E-state index in [1.807, 2.05) is 54.6 Å². The molecule has 0 bridgehead atoms. The summed E-state index contributed by atoms with van der Waals surface area (Å²) in [6, 6.07) is 17.2. The standard InChI is InChI=1S/C26H30N4O7/c1-3-35-25(34)37-17-36-24(33)26(2,16-31)14-21(28-23(32)22-15-27-30-29-22)13-18-9-11-20(12-10-18)19-7-5-4-6-8-19/h4-12,15,21,31H,3,13-14,16-17H2,1-2H3,(H,28,32)(H,27,29,30)/t21-,26+/m1/s1. The van der Waals surface area contributed by atoms with Crippen molar-refractivity contribution in [1.82, 2.24) is 20.7 Å². The number of aromatic nitrogens is 3. The number of amides is 1. The monoisotopic (exact) mass is 510 g/mol. The molecule has 3 N–H and O–H groups in total. The second-order valence-corrected chi connectivity index (χ2v) is 8.61. The summed E-state index contributed by atoms with van der Waals surface area (Å²) in [5, 5.41) is 22.6. The number of hydrogen-bond donors (Lipinski definition) is 3. The molecule has 0 unspecified atom stereocenters. The van der Waals surface area contributed by atoms with Gasteiger partial charge in [0.1, 0.15) is 5.69 Å². The first-order chi connectivity index (χ1) is 17.8. The van der Waals surface area contributed by atoms with E-state index in [9.17, 15) is 19.5 Å². The molecule has 0 saturated heterocycles. The lowest BCUT2D eigenvalue weighted by atomic mass is 9.82. The highest BCUT2D eigenvalue weighted by atomic mass is 16.8. The van der Waals surface area contributed by atoms with E-state index in [0.717, 1.165) is 16.7 Å². The molecule has 0 saturated carbocycles. The predicted molar refractivity (Wildman–Crippen MR) is 132 cm³/mol. The van der Waals surface area contributed by atoms with Crippen molar-refractivity contribution in [3.63, 3.8) is 0 Å². The Hall–Kier alpha value is -4.25. The lowest BCUT2D eigenvalue weighted by molar-refractivity contribution is -0.168. The van der Waals surface area contributed by atoms with Crippen molar-refractivity contribution in [3.05, 3.63) is 72.1 Å². The van der Waals surface area contributed by atoms with Gasteiger partial charge in [-0.15, -0.1) is 5.10 Å². The molecule has 3 aromatic rings. The maximum absolute atomic E-state index is 12.8. The van der Waals surface area contributed by atoms with Crippen LogP contribution in [-0.4, -0.2) is 64.6 Å². The summed E-state index contributed by atoms with van der Waals surface area (Å²) >= 11 is 0. The van der Waals surface area contributed by atoms with Gasteiger partial charge in [-0.2, -0.15) is 0 Å². The summed E-state index contributed by atoms with van der Waals surface area (Å²) in [6.45, 7) is 2.01. The van der Waals surface area contributed by atoms with Crippen LogP contribution in [-0.2, 0) is 25.4 Å². The first-order valence-corrected chi connectivity index (χ1v) is 11.7. The molecule has 196 valence electrons. The number of aliphatic hydroxyl groups excluding tert-OH is 1. The van der Waals surface area contributed by atoms with Gasteiger partial charge in [-0.05, 0) is 43.4 Å². The third-order valence-corrected chi connectivity index (χ3v) is 5.71. The van der Waals surface area contributed by atoms with Crippen LogP contribution in [0.15, 0.2) is 60.8 Å². The summed E-state index contributed by atoms with van der Waals surface area (Å²) < 4.78 is 14.3. The first-order valence-electron chi connectivity index (χ1n) is 11.7. The molecular formula is C26H30N4O7. The van der Waals surface area contributed by atoms with Gasteiger partial charge in [-0.3, -0.25) is 14.7 Å². The number of aliphatic hydroxyl groups is 1. The van der Waals surface area contributed by atoms with Gasteiger partial charge in [0.25, 0.3) is 5.91 Å². The quantitative estimate of drug-likeness (QED) is 0.247. The van der Waals surface area contributed by atoms with Gasteiger partial charge < -0.3 is 24.6 Å². The molecule has 0 aliphatic carbocycles. The summed E-state index contributed by atoms with van der Waals surface area (Å²) in [5.74, 6) is -1.25. The maximum atomic E-state index is 12.8. The highest BCUT2D eigenvalue weighted by Crippen LogP contribution is 2.27. The molecule has 0 fully saturated rings. The number of esters is 1. The number of nitrogens with zero attached hydrogens (tertiary/aromatic N) is 2. The van der Waals surface area contributed by atoms with E-state index in [1.165, 1.54) is 13.1 Å². The molecule has 1 amide bonds. The average molecular weight is 511 g/mol. The Bertz CT molecular complexity index is 1150. The van der Waals surface area contributed by atoms with Crippen LogP contribution >= 0.6 is 0 Å². The zero-order valence-corrected chi connectivity index (χ0v) is 20.7. The van der Waals surface area contributed by atoms with Crippen LogP contribution in [0, 0.1) is 5.41 Å². The molecule has 2 atom stereocenters. The first kappa shape index (κ1) is 27.3. The van der Waals surface area contributed by atoms with Crippen LogP contribution in [0.1, 0.15) is 36.3 Å². The van der Waals surface area contributed by atoms with Crippen molar-refractivity contribution in [1.29, 1.82) is 0 Å². The molecule has 1 heterocycles. The van der Waals surface area contributed by atoms with E-state index in [2.05, 4.69) is 30.2 Å². The van der Waals surface area contributed by atoms with Crippen molar-refractivity contribution in [2.45, 2.75) is 32.7 Å². The summed E-state index contributed by atoms with van der Waals surface area (Å²) in [4.78, 5) is 36.8. The smallest absolute Gasteiger partial charge is 0.435 e. The molecule has 0 aliphatic heterocycles. The van der Waals surface area contributed by atoms with Gasteiger partial charge in [0, 0.05) is 6.04 Å². The van der Waals surface area contributed by atoms with E-state index in [0.29, 0.717) is 6.42 Å². The third-order valence-electron chi connectivity index (χ3n) is 5.71. The van der Waals surface area contributed by atoms with Crippen molar-refractivity contribution in [2.24, 2.45) is 5.41 Å². The van der Waals surface area contributed by atoms with E-state index >= 15 is 0 Å². The Labute approximate surface area is 214 Å². The number of carbonyl (C=O) groups excluding carboxylic acids is 3. The van der Waals surface area contributed by atoms with Crippen LogP contribution < -0.4 is 5.32 Å². The molecule has 3 rings (SSSR count). The molecule has 2 aromatic carbocycles. The minimum atomic E-state index is -1.40. The molecular weight excluding hydrogens is 480 g/mol.